The molecule has 0 spiro atoms. The van der Waals surface area contributed by atoms with Gasteiger partial charge in [0.2, 0.25) is 12.2 Å². The van der Waals surface area contributed by atoms with Crippen molar-refractivity contribution in [3.05, 3.63) is 57.6 Å². The number of likely N-dealkylation sites (tertiary alicyclic amines) is 1. The zero-order valence-corrected chi connectivity index (χ0v) is 22.4. The van der Waals surface area contributed by atoms with E-state index in [9.17, 15) is 28.3 Å². The van der Waals surface area contributed by atoms with Crippen molar-refractivity contribution in [1.82, 2.24) is 15.2 Å². The molecule has 1 amide bonds. The summed E-state index contributed by atoms with van der Waals surface area (Å²) in [5.74, 6) is -0.121. The second kappa shape index (κ2) is 12.6. The summed E-state index contributed by atoms with van der Waals surface area (Å²) in [5, 5.41) is 29.8. The van der Waals surface area contributed by atoms with Crippen LogP contribution in [0.4, 0.5) is 23.7 Å². The average molecular weight is 598 g/mol. The van der Waals surface area contributed by atoms with Crippen molar-refractivity contribution in [2.75, 3.05) is 38.1 Å². The number of nitrogens with one attached hydrogen (secondary N) is 2. The highest BCUT2D eigenvalue weighted by atomic mass is 35.5. The average Bonchev–Trinajstić information content (AvgIpc) is 3.55. The van der Waals surface area contributed by atoms with E-state index >= 15 is 0 Å². The third-order valence-electron chi connectivity index (χ3n) is 6.24. The Morgan fingerprint density at radius 1 is 1.20 bits per heavy atom. The van der Waals surface area contributed by atoms with Crippen LogP contribution in [0, 0.1) is 11.5 Å². The van der Waals surface area contributed by atoms with Gasteiger partial charge in [-0.2, -0.15) is 23.5 Å². The lowest BCUT2D eigenvalue weighted by Crippen LogP contribution is -2.43. The standard InChI is InChI=1S/C25H24Cl2F3N7O3/c26-17-5-3-15(11-18(17)27)22-20(34-24(38)39)13-37(35-22)23(32-14-31)33-19-12-16(25(28,29)30)4-6-21(19)40-10-9-36-7-1-2-8-36/h3-6,11-12,20,34H,1-2,7-10,13H2,(H,32,33)(H,38,39). The maximum Gasteiger partial charge on any atom is 0.416 e. The Balaban J connectivity index is 1.64. The summed E-state index contributed by atoms with van der Waals surface area (Å²) in [6, 6.07) is 6.66. The highest BCUT2D eigenvalue weighted by Gasteiger charge is 2.34. The van der Waals surface area contributed by atoms with Gasteiger partial charge in [-0.3, -0.25) is 4.90 Å². The number of halogens is 5. The summed E-state index contributed by atoms with van der Waals surface area (Å²) in [6.07, 6.45) is -2.20. The molecule has 4 rings (SSSR count). The van der Waals surface area contributed by atoms with Crippen molar-refractivity contribution in [2.45, 2.75) is 25.1 Å². The normalized spacial score (nSPS) is 17.9. The molecule has 0 bridgehead atoms. The number of ether oxygens (including phenoxy) is 1. The monoisotopic (exact) mass is 597 g/mol. The number of nitriles is 1. The molecule has 0 saturated carbocycles. The Bertz CT molecular complexity index is 1360. The number of aliphatic imine (C=N–C) groups is 1. The number of guanidine groups is 1. The molecule has 1 fully saturated rings. The van der Waals surface area contributed by atoms with Crippen LogP contribution in [0.1, 0.15) is 24.0 Å². The van der Waals surface area contributed by atoms with Crippen LogP contribution >= 0.6 is 23.2 Å². The van der Waals surface area contributed by atoms with Gasteiger partial charge in [-0.1, -0.05) is 29.3 Å². The smallest absolute Gasteiger partial charge is 0.416 e. The number of alkyl halides is 3. The van der Waals surface area contributed by atoms with Gasteiger partial charge in [0.1, 0.15) is 12.4 Å². The fourth-order valence-electron chi connectivity index (χ4n) is 4.35. The lowest BCUT2D eigenvalue weighted by Gasteiger charge is -2.21. The van der Waals surface area contributed by atoms with Crippen LogP contribution in [-0.4, -0.2) is 71.6 Å². The number of hydrogen-bond donors (Lipinski definition) is 3. The fraction of sp³-hybridized carbons (Fsp3) is 0.360. The van der Waals surface area contributed by atoms with E-state index in [1.807, 2.05) is 0 Å². The van der Waals surface area contributed by atoms with Crippen molar-refractivity contribution >= 4 is 46.7 Å². The second-order valence-electron chi connectivity index (χ2n) is 8.96. The first-order valence-electron chi connectivity index (χ1n) is 12.2. The molecule has 1 atom stereocenters. The van der Waals surface area contributed by atoms with Crippen LogP contribution in [0.15, 0.2) is 46.5 Å². The molecule has 212 valence electrons. The molecule has 2 aromatic carbocycles. The number of anilines is 1. The number of amides is 1. The van der Waals surface area contributed by atoms with E-state index in [2.05, 4.69) is 25.6 Å². The van der Waals surface area contributed by atoms with Gasteiger partial charge >= 0.3 is 12.3 Å². The highest BCUT2D eigenvalue weighted by molar-refractivity contribution is 6.42. The van der Waals surface area contributed by atoms with Gasteiger partial charge < -0.3 is 20.5 Å². The van der Waals surface area contributed by atoms with Crippen LogP contribution in [0.2, 0.25) is 10.0 Å². The number of carboxylic acid groups (broad SMARTS) is 1. The first-order valence-corrected chi connectivity index (χ1v) is 12.9. The minimum absolute atomic E-state index is 0.0915. The number of carbonyl (C=O) groups is 1. The van der Waals surface area contributed by atoms with Gasteiger partial charge in [-0.25, -0.2) is 9.80 Å². The summed E-state index contributed by atoms with van der Waals surface area (Å²) in [7, 11) is 0. The Morgan fingerprint density at radius 2 is 1.95 bits per heavy atom. The first-order chi connectivity index (χ1) is 19.0. The lowest BCUT2D eigenvalue weighted by molar-refractivity contribution is -0.137. The molecule has 2 heterocycles. The van der Waals surface area contributed by atoms with E-state index < -0.39 is 23.9 Å². The third-order valence-corrected chi connectivity index (χ3v) is 6.98. The fourth-order valence-corrected chi connectivity index (χ4v) is 4.65. The number of hydrogen-bond acceptors (Lipinski definition) is 6. The quantitative estimate of drug-likeness (QED) is 0.230. The number of rotatable bonds is 7. The molecule has 1 unspecified atom stereocenters. The molecule has 2 aliphatic heterocycles. The molecule has 2 aromatic rings. The van der Waals surface area contributed by atoms with E-state index in [0.717, 1.165) is 38.1 Å². The number of hydrazone groups is 1. The van der Waals surface area contributed by atoms with E-state index in [1.165, 1.54) is 23.2 Å². The summed E-state index contributed by atoms with van der Waals surface area (Å²) in [5.41, 5.74) is -0.354. The Labute approximate surface area is 237 Å². The molecule has 3 N–H and O–H groups in total. The van der Waals surface area contributed by atoms with E-state index in [-0.39, 0.29) is 46.3 Å². The van der Waals surface area contributed by atoms with Crippen LogP contribution < -0.4 is 15.4 Å². The van der Waals surface area contributed by atoms with Gasteiger partial charge in [0.15, 0.2) is 0 Å². The minimum atomic E-state index is -4.64. The SMILES string of the molecule is N#C/N=C(/Nc1cc(C(F)(F)F)ccc1OCCN1CCCC1)N1CC(NC(=O)O)C(c2ccc(Cl)c(Cl)c2)=N1. The van der Waals surface area contributed by atoms with Crippen LogP contribution in [0.3, 0.4) is 0 Å². The third kappa shape index (κ3) is 7.26. The summed E-state index contributed by atoms with van der Waals surface area (Å²) >= 11 is 12.1. The number of nitrogens with zero attached hydrogens (tertiary/aromatic N) is 5. The summed E-state index contributed by atoms with van der Waals surface area (Å²) in [6.45, 7) is 2.57. The van der Waals surface area contributed by atoms with Crippen LogP contribution in [0.25, 0.3) is 0 Å². The van der Waals surface area contributed by atoms with Gasteiger partial charge in [-0.15, -0.1) is 4.99 Å². The van der Waals surface area contributed by atoms with Gasteiger partial charge in [-0.05, 0) is 56.3 Å². The highest BCUT2D eigenvalue weighted by Crippen LogP contribution is 2.35. The molecule has 2 aliphatic rings. The Hall–Kier alpha value is -3.73. The van der Waals surface area contributed by atoms with Crippen molar-refractivity contribution in [1.29, 1.82) is 5.26 Å². The Kier molecular flexibility index (Phi) is 9.24. The van der Waals surface area contributed by atoms with Crippen LogP contribution in [0.5, 0.6) is 5.75 Å². The second-order valence-corrected chi connectivity index (χ2v) is 9.78. The molecule has 0 aliphatic carbocycles. The molecule has 15 heteroatoms. The van der Waals surface area contributed by atoms with Crippen molar-refractivity contribution in [3.63, 3.8) is 0 Å². The zero-order valence-electron chi connectivity index (χ0n) is 20.9. The van der Waals surface area contributed by atoms with Crippen molar-refractivity contribution < 1.29 is 27.8 Å². The van der Waals surface area contributed by atoms with E-state index in [1.54, 1.807) is 12.3 Å². The van der Waals surface area contributed by atoms with Crippen LogP contribution in [-0.2, 0) is 6.18 Å². The van der Waals surface area contributed by atoms with Gasteiger partial charge in [0, 0.05) is 12.1 Å². The molecule has 0 radical (unpaired) electrons. The van der Waals surface area contributed by atoms with E-state index in [0.29, 0.717) is 12.1 Å². The maximum absolute atomic E-state index is 13.5. The largest absolute Gasteiger partial charge is 0.490 e. The molecule has 40 heavy (non-hydrogen) atoms. The van der Waals surface area contributed by atoms with Gasteiger partial charge in [0.05, 0.1) is 39.6 Å². The summed E-state index contributed by atoms with van der Waals surface area (Å²) in [4.78, 5) is 17.4. The zero-order chi connectivity index (χ0) is 28.9. The summed E-state index contributed by atoms with van der Waals surface area (Å²) < 4.78 is 46.4. The predicted octanol–water partition coefficient (Wildman–Crippen LogP) is 5.09. The molecule has 10 nitrogen and oxygen atoms in total. The predicted molar refractivity (Wildman–Crippen MR) is 144 cm³/mol. The molecule has 1 saturated heterocycles. The Morgan fingerprint density at radius 3 is 2.60 bits per heavy atom. The van der Waals surface area contributed by atoms with Crippen molar-refractivity contribution in [2.24, 2.45) is 10.1 Å². The maximum atomic E-state index is 13.5. The van der Waals surface area contributed by atoms with Gasteiger partial charge in [0.25, 0.3) is 0 Å². The molecular formula is C25H24Cl2F3N7O3. The first kappa shape index (κ1) is 29.3. The topological polar surface area (TPSA) is 126 Å². The molecular weight excluding hydrogens is 574 g/mol. The number of benzene rings is 2. The molecule has 0 aromatic heterocycles. The van der Waals surface area contributed by atoms with E-state index in [4.69, 9.17) is 27.9 Å². The van der Waals surface area contributed by atoms with Crippen molar-refractivity contribution in [3.8, 4) is 11.9 Å². The lowest BCUT2D eigenvalue weighted by atomic mass is 10.0. The minimum Gasteiger partial charge on any atom is -0.490 e.